The summed E-state index contributed by atoms with van der Waals surface area (Å²) in [6.07, 6.45) is 0.323. The van der Waals surface area contributed by atoms with Gasteiger partial charge in [-0.05, 0) is 49.7 Å². The Bertz CT molecular complexity index is 953. The quantitative estimate of drug-likeness (QED) is 0.705. The third kappa shape index (κ3) is 4.47. The molecule has 0 spiro atoms. The predicted molar refractivity (Wildman–Crippen MR) is 103 cm³/mol. The zero-order valence-electron chi connectivity index (χ0n) is 15.2. The molecule has 0 saturated carbocycles. The molecule has 1 fully saturated rings. The van der Waals surface area contributed by atoms with E-state index in [1.807, 2.05) is 0 Å². The minimum atomic E-state index is -3.91. The summed E-state index contributed by atoms with van der Waals surface area (Å²) in [5.74, 6) is -1.37. The van der Waals surface area contributed by atoms with E-state index in [-0.39, 0.29) is 41.2 Å². The fraction of sp³-hybridized carbons (Fsp3) is 0.368. The van der Waals surface area contributed by atoms with E-state index in [2.05, 4.69) is 0 Å². The van der Waals surface area contributed by atoms with Crippen molar-refractivity contribution >= 4 is 21.8 Å². The number of ether oxygens (including phenoxy) is 1. The van der Waals surface area contributed by atoms with Crippen LogP contribution in [-0.4, -0.2) is 38.2 Å². The highest BCUT2D eigenvalue weighted by Crippen LogP contribution is 2.37. The molecule has 0 bridgehead atoms. The van der Waals surface area contributed by atoms with E-state index in [1.54, 1.807) is 6.92 Å². The second kappa shape index (κ2) is 8.75. The van der Waals surface area contributed by atoms with E-state index >= 15 is 0 Å². The first-order valence-corrected chi connectivity index (χ1v) is 11.3. The Morgan fingerprint density at radius 1 is 1.11 bits per heavy atom. The van der Waals surface area contributed by atoms with E-state index in [0.717, 1.165) is 24.3 Å². The molecule has 28 heavy (non-hydrogen) atoms. The lowest BCUT2D eigenvalue weighted by atomic mass is 10.1. The molecule has 1 aliphatic rings. The van der Waals surface area contributed by atoms with Gasteiger partial charge in [-0.3, -0.25) is 0 Å². The fourth-order valence-electron chi connectivity index (χ4n) is 3.06. The van der Waals surface area contributed by atoms with Crippen LogP contribution in [0.5, 0.6) is 5.75 Å². The van der Waals surface area contributed by atoms with Gasteiger partial charge < -0.3 is 4.74 Å². The first kappa shape index (κ1) is 21.0. The number of hydrogen-bond donors (Lipinski definition) is 0. The summed E-state index contributed by atoms with van der Waals surface area (Å²) in [4.78, 5) is -0.158. The fourth-order valence-corrected chi connectivity index (χ4v) is 5.89. The van der Waals surface area contributed by atoms with Crippen molar-refractivity contribution in [1.29, 1.82) is 0 Å². The average Bonchev–Trinajstić information content (AvgIpc) is 2.92. The molecule has 3 rings (SSSR count). The molecule has 152 valence electrons. The molecule has 1 aliphatic heterocycles. The number of sulfonamides is 1. The molecular weight excluding hydrogens is 411 g/mol. The van der Waals surface area contributed by atoms with E-state index in [0.29, 0.717) is 12.2 Å². The van der Waals surface area contributed by atoms with Crippen LogP contribution in [0, 0.1) is 17.5 Å². The van der Waals surface area contributed by atoms with E-state index in [4.69, 9.17) is 4.74 Å². The van der Waals surface area contributed by atoms with E-state index < -0.39 is 27.5 Å². The molecule has 0 aliphatic carbocycles. The topological polar surface area (TPSA) is 46.6 Å². The Kier molecular flexibility index (Phi) is 6.57. The monoisotopic (exact) mass is 431 g/mol. The third-order valence-electron chi connectivity index (χ3n) is 4.45. The number of hydrogen-bond acceptors (Lipinski definition) is 4. The van der Waals surface area contributed by atoms with Gasteiger partial charge >= 0.3 is 0 Å². The first-order chi connectivity index (χ1) is 13.3. The molecule has 1 atom stereocenters. The Morgan fingerprint density at radius 3 is 2.61 bits per heavy atom. The minimum absolute atomic E-state index is 0.00508. The molecule has 1 heterocycles. The molecule has 0 aromatic heterocycles. The van der Waals surface area contributed by atoms with Crippen molar-refractivity contribution in [3.05, 3.63) is 59.4 Å². The van der Waals surface area contributed by atoms with Crippen LogP contribution in [-0.2, 0) is 10.0 Å². The van der Waals surface area contributed by atoms with Gasteiger partial charge in [-0.2, -0.15) is 16.1 Å². The summed E-state index contributed by atoms with van der Waals surface area (Å²) < 4.78 is 73.8. The molecule has 1 saturated heterocycles. The zero-order chi connectivity index (χ0) is 20.3. The van der Waals surface area contributed by atoms with Gasteiger partial charge in [-0.15, -0.1) is 0 Å². The summed E-state index contributed by atoms with van der Waals surface area (Å²) in [7, 11) is -3.91. The van der Waals surface area contributed by atoms with Gasteiger partial charge in [0.2, 0.25) is 10.0 Å². The lowest BCUT2D eigenvalue weighted by molar-refractivity contribution is 0.321. The van der Waals surface area contributed by atoms with Crippen molar-refractivity contribution in [1.82, 2.24) is 4.31 Å². The maximum atomic E-state index is 14.1. The van der Waals surface area contributed by atoms with Crippen LogP contribution in [0.25, 0.3) is 0 Å². The Morgan fingerprint density at radius 2 is 1.89 bits per heavy atom. The normalized spacial score (nSPS) is 18.6. The molecule has 0 N–H and O–H groups in total. The number of halogens is 3. The number of benzene rings is 2. The predicted octanol–water partition coefficient (Wildman–Crippen LogP) is 4.37. The maximum Gasteiger partial charge on any atom is 0.243 e. The van der Waals surface area contributed by atoms with Crippen molar-refractivity contribution in [2.45, 2.75) is 23.5 Å². The van der Waals surface area contributed by atoms with Crippen LogP contribution in [0.15, 0.2) is 41.3 Å². The van der Waals surface area contributed by atoms with Gasteiger partial charge in [0.05, 0.1) is 11.5 Å². The Hall–Kier alpha value is -1.71. The molecule has 2 aromatic carbocycles. The zero-order valence-corrected chi connectivity index (χ0v) is 16.8. The molecule has 1 unspecified atom stereocenters. The summed E-state index contributed by atoms with van der Waals surface area (Å²) in [6.45, 7) is 2.31. The molecular formula is C19H20F3NO3S2. The van der Waals surface area contributed by atoms with Gasteiger partial charge in [0.25, 0.3) is 0 Å². The van der Waals surface area contributed by atoms with Gasteiger partial charge in [-0.25, -0.2) is 21.6 Å². The van der Waals surface area contributed by atoms with Crippen LogP contribution in [0.3, 0.4) is 0 Å². The highest BCUT2D eigenvalue weighted by molar-refractivity contribution is 7.99. The van der Waals surface area contributed by atoms with E-state index in [9.17, 15) is 21.6 Å². The van der Waals surface area contributed by atoms with Crippen molar-refractivity contribution < 1.29 is 26.3 Å². The minimum Gasteiger partial charge on any atom is -0.491 e. The summed E-state index contributed by atoms with van der Waals surface area (Å²) >= 11 is 1.38. The van der Waals surface area contributed by atoms with Crippen LogP contribution < -0.4 is 4.74 Å². The molecule has 4 nitrogen and oxygen atoms in total. The highest BCUT2D eigenvalue weighted by Gasteiger charge is 2.30. The molecule has 0 amide bonds. The molecule has 2 aromatic rings. The van der Waals surface area contributed by atoms with Crippen molar-refractivity contribution in [3.63, 3.8) is 0 Å². The van der Waals surface area contributed by atoms with Crippen LogP contribution in [0.2, 0.25) is 0 Å². The van der Waals surface area contributed by atoms with Crippen molar-refractivity contribution in [2.75, 3.05) is 25.4 Å². The lowest BCUT2D eigenvalue weighted by Crippen LogP contribution is -2.33. The van der Waals surface area contributed by atoms with Crippen LogP contribution in [0.4, 0.5) is 13.2 Å². The Labute approximate surface area is 166 Å². The standard InChI is InChI=1S/C19H20F3NO3S2/c1-2-26-18-6-4-14(12-17(18)22)28(24,25)23-8-7-19(27-10-9-23)15-11-13(20)3-5-16(15)21/h3-6,11-12,19H,2,7-10H2,1H3. The van der Waals surface area contributed by atoms with Gasteiger partial charge in [0, 0.05) is 29.7 Å². The summed E-state index contributed by atoms with van der Waals surface area (Å²) in [5, 5.41) is -0.354. The number of nitrogens with zero attached hydrogens (tertiary/aromatic N) is 1. The molecule has 9 heteroatoms. The third-order valence-corrected chi connectivity index (χ3v) is 7.65. The van der Waals surface area contributed by atoms with Crippen LogP contribution >= 0.6 is 11.8 Å². The maximum absolute atomic E-state index is 14.1. The number of thioether (sulfide) groups is 1. The average molecular weight is 432 g/mol. The second-order valence-corrected chi connectivity index (χ2v) is 9.49. The molecule has 0 radical (unpaired) electrons. The van der Waals surface area contributed by atoms with Gasteiger partial charge in [-0.1, -0.05) is 0 Å². The smallest absolute Gasteiger partial charge is 0.243 e. The highest BCUT2D eigenvalue weighted by atomic mass is 32.2. The SMILES string of the molecule is CCOc1ccc(S(=O)(=O)N2CCSC(c3cc(F)ccc3F)CC2)cc1F. The van der Waals surface area contributed by atoms with E-state index in [1.165, 1.54) is 28.2 Å². The second-order valence-electron chi connectivity index (χ2n) is 6.24. The van der Waals surface area contributed by atoms with Crippen molar-refractivity contribution in [3.8, 4) is 5.75 Å². The van der Waals surface area contributed by atoms with Crippen LogP contribution in [0.1, 0.15) is 24.2 Å². The summed E-state index contributed by atoms with van der Waals surface area (Å²) in [6, 6.07) is 6.83. The van der Waals surface area contributed by atoms with Gasteiger partial charge in [0.15, 0.2) is 11.6 Å². The summed E-state index contributed by atoms with van der Waals surface area (Å²) in [5.41, 5.74) is 0.233. The van der Waals surface area contributed by atoms with Crippen molar-refractivity contribution in [2.24, 2.45) is 0 Å². The number of rotatable bonds is 5. The largest absolute Gasteiger partial charge is 0.491 e. The van der Waals surface area contributed by atoms with Gasteiger partial charge in [0.1, 0.15) is 11.6 Å². The lowest BCUT2D eigenvalue weighted by Gasteiger charge is -2.20. The Balaban J connectivity index is 1.79. The first-order valence-electron chi connectivity index (χ1n) is 8.82.